The Kier molecular flexibility index (Phi) is 7.38. The first kappa shape index (κ1) is 22.6. The third-order valence-corrected chi connectivity index (χ3v) is 8.12. The molecule has 0 saturated heterocycles. The van der Waals surface area contributed by atoms with E-state index in [0.717, 1.165) is 29.0 Å². The van der Waals surface area contributed by atoms with Gasteiger partial charge in [-0.25, -0.2) is 12.7 Å². The summed E-state index contributed by atoms with van der Waals surface area (Å²) in [4.78, 5) is 12.3. The smallest absolute Gasteiger partial charge is 0.252 e. The van der Waals surface area contributed by atoms with Crippen molar-refractivity contribution in [1.29, 1.82) is 0 Å². The summed E-state index contributed by atoms with van der Waals surface area (Å²) in [6, 6.07) is 7.22. The number of hydrogen-bond donors (Lipinski definition) is 1. The second kappa shape index (κ2) is 9.80. The molecule has 1 aliphatic heterocycles. The summed E-state index contributed by atoms with van der Waals surface area (Å²) in [5.74, 6) is 1.47. The highest BCUT2D eigenvalue weighted by molar-refractivity contribution is 7.91. The van der Waals surface area contributed by atoms with E-state index in [9.17, 15) is 13.2 Å². The van der Waals surface area contributed by atoms with Gasteiger partial charge in [-0.3, -0.25) is 4.79 Å². The zero-order chi connectivity index (χ0) is 21.7. The van der Waals surface area contributed by atoms with E-state index in [0.29, 0.717) is 23.8 Å². The topological polar surface area (TPSA) is 84.9 Å². The van der Waals surface area contributed by atoms with Gasteiger partial charge in [0.1, 0.15) is 21.8 Å². The highest BCUT2D eigenvalue weighted by Crippen LogP contribution is 2.35. The van der Waals surface area contributed by atoms with Gasteiger partial charge in [-0.15, -0.1) is 11.3 Å². The third-order valence-electron chi connectivity index (χ3n) is 4.89. The maximum atomic E-state index is 12.4. The average Bonchev–Trinajstić information content (AvgIpc) is 3.35. The summed E-state index contributed by atoms with van der Waals surface area (Å²) in [5.41, 5.74) is 1.99. The highest BCUT2D eigenvalue weighted by Gasteiger charge is 2.23. The molecule has 1 N–H and O–H groups in total. The Morgan fingerprint density at radius 2 is 2.20 bits per heavy atom. The summed E-state index contributed by atoms with van der Waals surface area (Å²) < 4.78 is 38.0. The molecule has 0 fully saturated rings. The Morgan fingerprint density at radius 3 is 2.90 bits per heavy atom. The fraction of sp³-hybridized carbons (Fsp3) is 0.476. The number of hydrogen-bond acceptors (Lipinski definition) is 6. The van der Waals surface area contributed by atoms with Crippen LogP contribution >= 0.6 is 11.3 Å². The molecule has 2 aromatic rings. The third kappa shape index (κ3) is 5.33. The molecule has 164 valence electrons. The van der Waals surface area contributed by atoms with Gasteiger partial charge < -0.3 is 14.8 Å². The van der Waals surface area contributed by atoms with Crippen LogP contribution in [0.25, 0.3) is 0 Å². The van der Waals surface area contributed by atoms with E-state index in [1.165, 1.54) is 22.7 Å². The van der Waals surface area contributed by atoms with Crippen molar-refractivity contribution >= 4 is 27.3 Å². The van der Waals surface area contributed by atoms with Crippen LogP contribution < -0.4 is 14.8 Å². The Bertz CT molecular complexity index is 974. The van der Waals surface area contributed by atoms with Crippen molar-refractivity contribution in [2.75, 3.05) is 20.2 Å². The van der Waals surface area contributed by atoms with E-state index in [4.69, 9.17) is 9.47 Å². The second-order valence-electron chi connectivity index (χ2n) is 7.27. The first-order chi connectivity index (χ1) is 14.3. The monoisotopic (exact) mass is 452 g/mol. The van der Waals surface area contributed by atoms with Crippen LogP contribution in [-0.2, 0) is 27.8 Å². The number of ether oxygens (including phenoxy) is 2. The van der Waals surface area contributed by atoms with E-state index in [-0.39, 0.29) is 25.0 Å². The van der Waals surface area contributed by atoms with Crippen LogP contribution in [0.4, 0.5) is 0 Å². The summed E-state index contributed by atoms with van der Waals surface area (Å²) in [6.45, 7) is 5.11. The number of carbonyl (C=O) groups excluding carboxylic acids is 1. The maximum Gasteiger partial charge on any atom is 0.252 e. The summed E-state index contributed by atoms with van der Waals surface area (Å²) in [6.07, 6.45) is 1.68. The average molecular weight is 453 g/mol. The van der Waals surface area contributed by atoms with E-state index >= 15 is 0 Å². The zero-order valence-electron chi connectivity index (χ0n) is 17.5. The largest absolute Gasteiger partial charge is 0.494 e. The van der Waals surface area contributed by atoms with E-state index in [2.05, 4.69) is 5.32 Å². The SMILES string of the molecule is CCOc1cc2c(cc1CNC(=O)CCCN(C)S(=O)(=O)c1cccs1)O[C@@H](C)C2. The summed E-state index contributed by atoms with van der Waals surface area (Å²) in [5, 5.41) is 4.63. The highest BCUT2D eigenvalue weighted by atomic mass is 32.2. The lowest BCUT2D eigenvalue weighted by Crippen LogP contribution is -2.29. The molecule has 1 atom stereocenters. The lowest BCUT2D eigenvalue weighted by atomic mass is 10.1. The minimum atomic E-state index is -3.48. The lowest BCUT2D eigenvalue weighted by Gasteiger charge is -2.16. The predicted octanol–water partition coefficient (Wildman–Crippen LogP) is 3.19. The van der Waals surface area contributed by atoms with Gasteiger partial charge >= 0.3 is 0 Å². The fourth-order valence-corrected chi connectivity index (χ4v) is 5.75. The minimum Gasteiger partial charge on any atom is -0.494 e. The Morgan fingerprint density at radius 1 is 1.40 bits per heavy atom. The quantitative estimate of drug-likeness (QED) is 0.598. The van der Waals surface area contributed by atoms with Gasteiger partial charge in [0.15, 0.2) is 0 Å². The van der Waals surface area contributed by atoms with Gasteiger partial charge in [0.25, 0.3) is 10.0 Å². The first-order valence-corrected chi connectivity index (χ1v) is 12.3. The van der Waals surface area contributed by atoms with E-state index in [1.54, 1.807) is 17.5 Å². The number of nitrogens with zero attached hydrogens (tertiary/aromatic N) is 1. The molecule has 7 nitrogen and oxygen atoms in total. The fourth-order valence-electron chi connectivity index (χ4n) is 3.34. The standard InChI is InChI=1S/C21H28N2O5S2/c1-4-27-18-12-16-11-15(2)28-19(16)13-17(18)14-22-20(24)7-5-9-23(3)30(25,26)21-8-6-10-29-21/h6,8,10,12-13,15H,4-5,7,9,11,14H2,1-3H3,(H,22,24)/t15-/m0/s1. The van der Waals surface area contributed by atoms with Gasteiger partial charge in [-0.05, 0) is 43.8 Å². The van der Waals surface area contributed by atoms with Crippen LogP contribution in [0.15, 0.2) is 33.9 Å². The number of fused-ring (bicyclic) bond motifs is 1. The maximum absolute atomic E-state index is 12.4. The van der Waals surface area contributed by atoms with Crippen LogP contribution in [0.5, 0.6) is 11.5 Å². The van der Waals surface area contributed by atoms with Gasteiger partial charge in [0.2, 0.25) is 5.91 Å². The van der Waals surface area contributed by atoms with Gasteiger partial charge in [-0.2, -0.15) is 0 Å². The number of nitrogens with one attached hydrogen (secondary N) is 1. The lowest BCUT2D eigenvalue weighted by molar-refractivity contribution is -0.121. The molecular formula is C21H28N2O5S2. The Hall–Kier alpha value is -2.10. The molecular weight excluding hydrogens is 424 g/mol. The molecule has 0 spiro atoms. The van der Waals surface area contributed by atoms with Crippen LogP contribution in [-0.4, -0.2) is 44.9 Å². The van der Waals surface area contributed by atoms with Gasteiger partial charge in [0.05, 0.1) is 6.61 Å². The van der Waals surface area contributed by atoms with Crippen molar-refractivity contribution in [3.8, 4) is 11.5 Å². The number of thiophene rings is 1. The molecule has 2 heterocycles. The predicted molar refractivity (Wildman–Crippen MR) is 117 cm³/mol. The molecule has 1 aliphatic rings. The first-order valence-electron chi connectivity index (χ1n) is 10.0. The molecule has 1 aromatic carbocycles. The Labute approximate surface area is 182 Å². The molecule has 0 aliphatic carbocycles. The molecule has 30 heavy (non-hydrogen) atoms. The number of carbonyl (C=O) groups is 1. The minimum absolute atomic E-state index is 0.130. The van der Waals surface area contributed by atoms with Crippen LogP contribution in [0.3, 0.4) is 0 Å². The van der Waals surface area contributed by atoms with E-state index in [1.807, 2.05) is 26.0 Å². The summed E-state index contributed by atoms with van der Waals surface area (Å²) >= 11 is 1.19. The summed E-state index contributed by atoms with van der Waals surface area (Å²) in [7, 11) is -1.95. The normalized spacial score (nSPS) is 15.7. The van der Waals surface area contributed by atoms with Crippen molar-refractivity contribution in [2.45, 2.75) is 50.0 Å². The molecule has 0 bridgehead atoms. The number of rotatable bonds is 10. The number of sulfonamides is 1. The van der Waals surface area contributed by atoms with Crippen molar-refractivity contribution < 1.29 is 22.7 Å². The van der Waals surface area contributed by atoms with Gasteiger partial charge in [0, 0.05) is 44.1 Å². The molecule has 9 heteroatoms. The van der Waals surface area contributed by atoms with Crippen molar-refractivity contribution in [3.63, 3.8) is 0 Å². The van der Waals surface area contributed by atoms with Crippen LogP contribution in [0.1, 0.15) is 37.8 Å². The van der Waals surface area contributed by atoms with Gasteiger partial charge in [-0.1, -0.05) is 6.07 Å². The van der Waals surface area contributed by atoms with Crippen LogP contribution in [0.2, 0.25) is 0 Å². The van der Waals surface area contributed by atoms with Crippen molar-refractivity contribution in [1.82, 2.24) is 9.62 Å². The molecule has 0 unspecified atom stereocenters. The van der Waals surface area contributed by atoms with Crippen molar-refractivity contribution in [3.05, 3.63) is 40.8 Å². The van der Waals surface area contributed by atoms with Crippen molar-refractivity contribution in [2.24, 2.45) is 0 Å². The molecule has 0 saturated carbocycles. The molecule has 1 amide bonds. The number of amides is 1. The second-order valence-corrected chi connectivity index (χ2v) is 10.5. The Balaban J connectivity index is 1.51. The number of benzene rings is 1. The van der Waals surface area contributed by atoms with Crippen LogP contribution in [0, 0.1) is 0 Å². The molecule has 3 rings (SSSR count). The molecule has 0 radical (unpaired) electrons. The molecule has 1 aromatic heterocycles. The zero-order valence-corrected chi connectivity index (χ0v) is 19.1. The van der Waals surface area contributed by atoms with E-state index < -0.39 is 10.0 Å².